The average Bonchev–Trinajstić information content (AvgIpc) is 2.67. The van der Waals surface area contributed by atoms with E-state index < -0.39 is 11.9 Å². The highest BCUT2D eigenvalue weighted by Gasteiger charge is 2.35. The summed E-state index contributed by atoms with van der Waals surface area (Å²) in [5, 5.41) is -0.256. The number of carbonyl (C=O) groups excluding carboxylic acids is 2. The van der Waals surface area contributed by atoms with Gasteiger partial charge in [-0.1, -0.05) is 11.8 Å². The summed E-state index contributed by atoms with van der Waals surface area (Å²) in [4.78, 5) is 27.9. The quantitative estimate of drug-likeness (QED) is 0.841. The number of hydrogen-bond donors (Lipinski definition) is 0. The van der Waals surface area contributed by atoms with Gasteiger partial charge in [-0.2, -0.15) is 13.2 Å². The number of halogens is 3. The smallest absolute Gasteiger partial charge is 0.309 e. The molecule has 2 rings (SSSR count). The van der Waals surface area contributed by atoms with Gasteiger partial charge in [-0.25, -0.2) is 4.98 Å². The second-order valence-electron chi connectivity index (χ2n) is 4.74. The summed E-state index contributed by atoms with van der Waals surface area (Å²) in [6.45, 7) is 3.16. The predicted octanol–water partition coefficient (Wildman–Crippen LogP) is 2.79. The number of anilines is 1. The number of aromatic nitrogens is 1. The zero-order valence-corrected chi connectivity index (χ0v) is 12.2. The maximum absolute atomic E-state index is 12.6. The molecule has 1 fully saturated rings. The SMILES string of the molecule is CC(=O)SC1CC(=O)N(c2ccc(C(F)(F)F)nc2C)C1. The van der Waals surface area contributed by atoms with Crippen LogP contribution in [0.1, 0.15) is 24.7 Å². The molecule has 0 spiro atoms. The first-order valence-corrected chi connectivity index (χ1v) is 7.09. The first-order valence-electron chi connectivity index (χ1n) is 6.21. The van der Waals surface area contributed by atoms with E-state index in [1.165, 1.54) is 24.8 Å². The number of thioether (sulfide) groups is 1. The van der Waals surface area contributed by atoms with Gasteiger partial charge in [0.05, 0.1) is 11.4 Å². The maximum atomic E-state index is 12.6. The molecule has 1 aliphatic heterocycles. The van der Waals surface area contributed by atoms with E-state index in [-0.39, 0.29) is 28.4 Å². The van der Waals surface area contributed by atoms with Crippen molar-refractivity contribution in [3.8, 4) is 0 Å². The molecule has 21 heavy (non-hydrogen) atoms. The van der Waals surface area contributed by atoms with E-state index >= 15 is 0 Å². The third-order valence-corrected chi connectivity index (χ3v) is 4.04. The van der Waals surface area contributed by atoms with Gasteiger partial charge in [0.2, 0.25) is 5.91 Å². The third-order valence-electron chi connectivity index (χ3n) is 3.06. The van der Waals surface area contributed by atoms with Gasteiger partial charge in [0, 0.05) is 25.1 Å². The highest BCUT2D eigenvalue weighted by atomic mass is 32.2. The Kier molecular flexibility index (Phi) is 4.27. The lowest BCUT2D eigenvalue weighted by Gasteiger charge is -2.19. The van der Waals surface area contributed by atoms with E-state index in [4.69, 9.17) is 0 Å². The van der Waals surface area contributed by atoms with Gasteiger partial charge in [0.1, 0.15) is 5.69 Å². The molecule has 0 aliphatic carbocycles. The van der Waals surface area contributed by atoms with Crippen molar-refractivity contribution >= 4 is 28.5 Å². The summed E-state index contributed by atoms with van der Waals surface area (Å²) in [6.07, 6.45) is -4.31. The van der Waals surface area contributed by atoms with E-state index in [9.17, 15) is 22.8 Å². The van der Waals surface area contributed by atoms with Gasteiger partial charge in [0.25, 0.3) is 0 Å². The Bertz CT molecular complexity index is 589. The fourth-order valence-corrected chi connectivity index (χ4v) is 3.14. The molecule has 0 bridgehead atoms. The number of pyridine rings is 1. The largest absolute Gasteiger partial charge is 0.433 e. The van der Waals surface area contributed by atoms with Crippen LogP contribution in [-0.2, 0) is 15.8 Å². The van der Waals surface area contributed by atoms with E-state index in [1.54, 1.807) is 0 Å². The van der Waals surface area contributed by atoms with Crippen LogP contribution in [0.25, 0.3) is 0 Å². The van der Waals surface area contributed by atoms with Crippen molar-refractivity contribution in [1.82, 2.24) is 4.98 Å². The standard InChI is InChI=1S/C13H13F3N2O2S/c1-7-10(3-4-11(17-7)13(14,15)16)18-6-9(5-12(18)20)21-8(2)19/h3-4,9H,5-6H2,1-2H3. The molecule has 1 unspecified atom stereocenters. The van der Waals surface area contributed by atoms with E-state index in [0.29, 0.717) is 12.2 Å². The molecule has 1 aromatic rings. The number of carbonyl (C=O) groups is 2. The molecule has 8 heteroatoms. The van der Waals surface area contributed by atoms with Gasteiger partial charge in [0.15, 0.2) is 5.12 Å². The lowest BCUT2D eigenvalue weighted by molar-refractivity contribution is -0.141. The molecule has 1 atom stereocenters. The van der Waals surface area contributed by atoms with Gasteiger partial charge >= 0.3 is 6.18 Å². The molecule has 1 saturated heterocycles. The number of aryl methyl sites for hydroxylation is 1. The second kappa shape index (κ2) is 5.67. The maximum Gasteiger partial charge on any atom is 0.433 e. The fraction of sp³-hybridized carbons (Fsp3) is 0.462. The zero-order chi connectivity index (χ0) is 15.8. The average molecular weight is 318 g/mol. The normalized spacial score (nSPS) is 19.2. The summed E-state index contributed by atoms with van der Waals surface area (Å²) >= 11 is 1.08. The van der Waals surface area contributed by atoms with Gasteiger partial charge in [-0.05, 0) is 19.1 Å². The minimum atomic E-state index is -4.51. The van der Waals surface area contributed by atoms with Crippen molar-refractivity contribution in [3.05, 3.63) is 23.5 Å². The van der Waals surface area contributed by atoms with Crippen LogP contribution in [0.15, 0.2) is 12.1 Å². The molecule has 0 radical (unpaired) electrons. The summed E-state index contributed by atoms with van der Waals surface area (Å²) in [7, 11) is 0. The Morgan fingerprint density at radius 1 is 1.43 bits per heavy atom. The van der Waals surface area contributed by atoms with Gasteiger partial charge < -0.3 is 4.90 Å². The van der Waals surface area contributed by atoms with Crippen molar-refractivity contribution < 1.29 is 22.8 Å². The zero-order valence-electron chi connectivity index (χ0n) is 11.4. The Morgan fingerprint density at radius 2 is 2.10 bits per heavy atom. The van der Waals surface area contributed by atoms with Crippen molar-refractivity contribution in [2.24, 2.45) is 0 Å². The second-order valence-corrected chi connectivity index (χ2v) is 6.22. The number of amides is 1. The Balaban J connectivity index is 2.23. The fourth-order valence-electron chi connectivity index (χ4n) is 2.22. The van der Waals surface area contributed by atoms with Crippen LogP contribution in [0.3, 0.4) is 0 Å². The van der Waals surface area contributed by atoms with Gasteiger partial charge in [-0.15, -0.1) is 0 Å². The molecule has 2 heterocycles. The summed E-state index contributed by atoms with van der Waals surface area (Å²) < 4.78 is 37.7. The first-order chi connectivity index (χ1) is 9.68. The number of hydrogen-bond acceptors (Lipinski definition) is 4. The molecule has 1 aliphatic rings. The van der Waals surface area contributed by atoms with Crippen LogP contribution in [0.5, 0.6) is 0 Å². The lowest BCUT2D eigenvalue weighted by atomic mass is 10.2. The molecule has 0 aromatic carbocycles. The number of rotatable bonds is 2. The molecular weight excluding hydrogens is 305 g/mol. The van der Waals surface area contributed by atoms with Gasteiger partial charge in [-0.3, -0.25) is 9.59 Å². The highest BCUT2D eigenvalue weighted by molar-refractivity contribution is 8.14. The predicted molar refractivity (Wildman–Crippen MR) is 73.0 cm³/mol. The summed E-state index contributed by atoms with van der Waals surface area (Å²) in [6, 6.07) is 2.12. The summed E-state index contributed by atoms with van der Waals surface area (Å²) in [5.74, 6) is -0.210. The lowest BCUT2D eigenvalue weighted by Crippen LogP contribution is -2.26. The van der Waals surface area contributed by atoms with E-state index in [1.807, 2.05) is 0 Å². The van der Waals surface area contributed by atoms with E-state index in [2.05, 4.69) is 4.98 Å². The molecular formula is C13H13F3N2O2S. The van der Waals surface area contributed by atoms with Crippen LogP contribution in [-0.4, -0.2) is 27.8 Å². The Labute approximate surface area is 123 Å². The highest BCUT2D eigenvalue weighted by Crippen LogP contribution is 2.33. The van der Waals surface area contributed by atoms with Crippen LogP contribution in [0.4, 0.5) is 18.9 Å². The molecule has 114 valence electrons. The van der Waals surface area contributed by atoms with Crippen molar-refractivity contribution in [2.75, 3.05) is 11.4 Å². The molecule has 0 saturated carbocycles. The summed E-state index contributed by atoms with van der Waals surface area (Å²) in [5.41, 5.74) is -0.476. The minimum absolute atomic E-state index is 0.0862. The molecule has 4 nitrogen and oxygen atoms in total. The topological polar surface area (TPSA) is 50.3 Å². The number of alkyl halides is 3. The Hall–Kier alpha value is -1.57. The molecule has 1 aromatic heterocycles. The molecule has 1 amide bonds. The van der Waals surface area contributed by atoms with Crippen LogP contribution < -0.4 is 4.90 Å². The van der Waals surface area contributed by atoms with Crippen molar-refractivity contribution in [1.29, 1.82) is 0 Å². The first kappa shape index (κ1) is 15.8. The van der Waals surface area contributed by atoms with E-state index in [0.717, 1.165) is 17.8 Å². The van der Waals surface area contributed by atoms with Crippen LogP contribution in [0.2, 0.25) is 0 Å². The minimum Gasteiger partial charge on any atom is -0.309 e. The van der Waals surface area contributed by atoms with Crippen molar-refractivity contribution in [3.63, 3.8) is 0 Å². The van der Waals surface area contributed by atoms with Crippen LogP contribution >= 0.6 is 11.8 Å². The van der Waals surface area contributed by atoms with Crippen molar-refractivity contribution in [2.45, 2.75) is 31.7 Å². The Morgan fingerprint density at radius 3 is 2.62 bits per heavy atom. The monoisotopic (exact) mass is 318 g/mol. The number of nitrogens with zero attached hydrogens (tertiary/aromatic N) is 2. The van der Waals surface area contributed by atoms with Crippen LogP contribution in [0, 0.1) is 6.92 Å². The molecule has 0 N–H and O–H groups in total. The third kappa shape index (κ3) is 3.55.